The summed E-state index contributed by atoms with van der Waals surface area (Å²) in [4.78, 5) is 13.7. The number of nitrogens with one attached hydrogen (secondary N) is 1. The van der Waals surface area contributed by atoms with E-state index in [-0.39, 0.29) is 0 Å². The van der Waals surface area contributed by atoms with Gasteiger partial charge < -0.3 is 5.32 Å². The highest BCUT2D eigenvalue weighted by Crippen LogP contribution is 2.25. The Morgan fingerprint density at radius 3 is 2.65 bits per heavy atom. The van der Waals surface area contributed by atoms with Crippen molar-refractivity contribution in [3.05, 3.63) is 33.2 Å². The molecule has 4 nitrogen and oxygen atoms in total. The Kier molecular flexibility index (Phi) is 4.91. The van der Waals surface area contributed by atoms with Crippen LogP contribution in [0.15, 0.2) is 18.3 Å². The first-order chi connectivity index (χ1) is 9.52. The lowest BCUT2D eigenvalue weighted by Gasteiger charge is -2.13. The minimum absolute atomic E-state index is 0.556. The molecule has 0 fully saturated rings. The van der Waals surface area contributed by atoms with Crippen molar-refractivity contribution in [1.29, 1.82) is 0 Å². The molecule has 0 aliphatic carbocycles. The molecule has 2 rings (SSSR count). The van der Waals surface area contributed by atoms with Crippen molar-refractivity contribution in [3.8, 4) is 11.5 Å². The maximum absolute atomic E-state index is 4.73. The van der Waals surface area contributed by atoms with Crippen LogP contribution in [0.2, 0.25) is 0 Å². The molecule has 0 atom stereocenters. The Morgan fingerprint density at radius 1 is 1.30 bits per heavy atom. The second-order valence-corrected chi connectivity index (χ2v) is 6.25. The van der Waals surface area contributed by atoms with Gasteiger partial charge >= 0.3 is 0 Å². The van der Waals surface area contributed by atoms with Crippen molar-refractivity contribution in [2.75, 3.05) is 12.4 Å². The van der Waals surface area contributed by atoms with E-state index in [0.717, 1.165) is 32.8 Å². The third-order valence-electron chi connectivity index (χ3n) is 2.98. The highest BCUT2D eigenvalue weighted by molar-refractivity contribution is 14.1. The molecule has 0 aromatic carbocycles. The van der Waals surface area contributed by atoms with Gasteiger partial charge in [0.05, 0.1) is 9.26 Å². The molecular weight excluding hydrogens is 363 g/mol. The molecule has 20 heavy (non-hydrogen) atoms. The number of anilines is 1. The fourth-order valence-corrected chi connectivity index (χ4v) is 2.74. The molecular formula is C15H19IN4. The van der Waals surface area contributed by atoms with E-state index in [2.05, 4.69) is 51.7 Å². The molecule has 0 spiro atoms. The Balaban J connectivity index is 2.57. The lowest BCUT2D eigenvalue weighted by atomic mass is 10.1. The molecule has 0 saturated carbocycles. The molecule has 0 aliphatic rings. The summed E-state index contributed by atoms with van der Waals surface area (Å²) in [6, 6.07) is 3.96. The van der Waals surface area contributed by atoms with Crippen molar-refractivity contribution < 1.29 is 0 Å². The number of hydrogen-bond acceptors (Lipinski definition) is 4. The highest BCUT2D eigenvalue weighted by atomic mass is 127. The Morgan fingerprint density at radius 2 is 2.05 bits per heavy atom. The molecule has 0 aliphatic heterocycles. The standard InChI is InChI=1S/C15H19IN4/c1-9(2)8-11-12(16)14(17-4)20-15(19-11)13-10(3)6-5-7-18-13/h5-7,9H,8H2,1-4H3,(H,17,19,20). The van der Waals surface area contributed by atoms with Crippen LogP contribution < -0.4 is 5.32 Å². The zero-order chi connectivity index (χ0) is 14.7. The zero-order valence-electron chi connectivity index (χ0n) is 12.2. The molecule has 0 bridgehead atoms. The third-order valence-corrected chi connectivity index (χ3v) is 4.11. The van der Waals surface area contributed by atoms with E-state index in [1.807, 2.05) is 26.1 Å². The van der Waals surface area contributed by atoms with Gasteiger partial charge in [-0.2, -0.15) is 0 Å². The number of hydrogen-bond donors (Lipinski definition) is 1. The lowest BCUT2D eigenvalue weighted by molar-refractivity contribution is 0.632. The molecule has 1 N–H and O–H groups in total. The van der Waals surface area contributed by atoms with Crippen LogP contribution in [0.1, 0.15) is 25.1 Å². The van der Waals surface area contributed by atoms with E-state index in [9.17, 15) is 0 Å². The molecule has 0 unspecified atom stereocenters. The van der Waals surface area contributed by atoms with Gasteiger partial charge in [-0.25, -0.2) is 9.97 Å². The SMILES string of the molecule is CNc1nc(-c2ncccc2C)nc(CC(C)C)c1I. The molecule has 0 saturated heterocycles. The van der Waals surface area contributed by atoms with Crippen molar-refractivity contribution >= 4 is 28.4 Å². The number of rotatable bonds is 4. The molecule has 2 aromatic rings. The van der Waals surface area contributed by atoms with Gasteiger partial charge in [-0.05, 0) is 53.5 Å². The second-order valence-electron chi connectivity index (χ2n) is 5.17. The van der Waals surface area contributed by atoms with Crippen LogP contribution in [-0.4, -0.2) is 22.0 Å². The number of nitrogens with zero attached hydrogens (tertiary/aromatic N) is 3. The first kappa shape index (κ1) is 15.2. The summed E-state index contributed by atoms with van der Waals surface area (Å²) in [5.74, 6) is 2.13. The second kappa shape index (κ2) is 6.47. The van der Waals surface area contributed by atoms with E-state index in [1.54, 1.807) is 6.20 Å². The van der Waals surface area contributed by atoms with E-state index in [1.165, 1.54) is 0 Å². The van der Waals surface area contributed by atoms with Crippen LogP contribution >= 0.6 is 22.6 Å². The maximum atomic E-state index is 4.73. The summed E-state index contributed by atoms with van der Waals surface area (Å²) in [5, 5.41) is 3.15. The Labute approximate surface area is 133 Å². The predicted molar refractivity (Wildman–Crippen MR) is 90.8 cm³/mol. The smallest absolute Gasteiger partial charge is 0.180 e. The van der Waals surface area contributed by atoms with Crippen LogP contribution in [0.4, 0.5) is 5.82 Å². The third kappa shape index (κ3) is 3.26. The number of halogens is 1. The van der Waals surface area contributed by atoms with Crippen LogP contribution in [0, 0.1) is 16.4 Å². The van der Waals surface area contributed by atoms with Gasteiger partial charge in [0.1, 0.15) is 11.5 Å². The largest absolute Gasteiger partial charge is 0.372 e. The van der Waals surface area contributed by atoms with Crippen molar-refractivity contribution in [3.63, 3.8) is 0 Å². The average molecular weight is 382 g/mol. The number of aryl methyl sites for hydroxylation is 1. The van der Waals surface area contributed by atoms with Crippen molar-refractivity contribution in [2.24, 2.45) is 5.92 Å². The summed E-state index contributed by atoms with van der Waals surface area (Å²) in [7, 11) is 1.89. The Hall–Kier alpha value is -1.24. The first-order valence-corrected chi connectivity index (χ1v) is 7.77. The highest BCUT2D eigenvalue weighted by Gasteiger charge is 2.15. The number of pyridine rings is 1. The normalized spacial score (nSPS) is 10.9. The van der Waals surface area contributed by atoms with Gasteiger partial charge in [0, 0.05) is 13.2 Å². The predicted octanol–water partition coefficient (Wildman–Crippen LogP) is 3.69. The van der Waals surface area contributed by atoms with Gasteiger partial charge in [-0.3, -0.25) is 4.98 Å². The fourth-order valence-electron chi connectivity index (χ4n) is 2.01. The summed E-state index contributed by atoms with van der Waals surface area (Å²) >= 11 is 2.31. The van der Waals surface area contributed by atoms with Gasteiger partial charge in [0.2, 0.25) is 0 Å². The summed E-state index contributed by atoms with van der Waals surface area (Å²) in [5.41, 5.74) is 3.02. The number of aromatic nitrogens is 3. The van der Waals surface area contributed by atoms with E-state index < -0.39 is 0 Å². The molecule has 2 heterocycles. The quantitative estimate of drug-likeness (QED) is 0.820. The summed E-state index contributed by atoms with van der Waals surface area (Å²) in [6.45, 7) is 6.43. The van der Waals surface area contributed by atoms with Gasteiger partial charge in [0.25, 0.3) is 0 Å². The Bertz CT molecular complexity index is 611. The maximum Gasteiger partial charge on any atom is 0.180 e. The lowest BCUT2D eigenvalue weighted by Crippen LogP contribution is -2.08. The summed E-state index contributed by atoms with van der Waals surface area (Å²) < 4.78 is 1.09. The molecule has 5 heteroatoms. The minimum Gasteiger partial charge on any atom is -0.372 e. The van der Waals surface area contributed by atoms with E-state index in [0.29, 0.717) is 11.7 Å². The molecule has 0 radical (unpaired) electrons. The van der Waals surface area contributed by atoms with E-state index in [4.69, 9.17) is 4.98 Å². The van der Waals surface area contributed by atoms with Crippen LogP contribution in [0.5, 0.6) is 0 Å². The summed E-state index contributed by atoms with van der Waals surface area (Å²) in [6.07, 6.45) is 2.72. The van der Waals surface area contributed by atoms with Crippen LogP contribution in [0.25, 0.3) is 11.5 Å². The molecule has 106 valence electrons. The first-order valence-electron chi connectivity index (χ1n) is 6.69. The van der Waals surface area contributed by atoms with Crippen molar-refractivity contribution in [1.82, 2.24) is 15.0 Å². The van der Waals surface area contributed by atoms with Crippen LogP contribution in [0.3, 0.4) is 0 Å². The average Bonchev–Trinajstić information content (AvgIpc) is 2.41. The van der Waals surface area contributed by atoms with Gasteiger partial charge in [-0.1, -0.05) is 19.9 Å². The minimum atomic E-state index is 0.556. The van der Waals surface area contributed by atoms with Gasteiger partial charge in [-0.15, -0.1) is 0 Å². The van der Waals surface area contributed by atoms with Crippen molar-refractivity contribution in [2.45, 2.75) is 27.2 Å². The van der Waals surface area contributed by atoms with Gasteiger partial charge in [0.15, 0.2) is 5.82 Å². The van der Waals surface area contributed by atoms with E-state index >= 15 is 0 Å². The topological polar surface area (TPSA) is 50.7 Å². The molecule has 0 amide bonds. The fraction of sp³-hybridized carbons (Fsp3) is 0.400. The molecule has 2 aromatic heterocycles. The monoisotopic (exact) mass is 382 g/mol. The van der Waals surface area contributed by atoms with Crippen LogP contribution in [-0.2, 0) is 6.42 Å². The zero-order valence-corrected chi connectivity index (χ0v) is 14.4.